The van der Waals surface area contributed by atoms with E-state index in [0.717, 1.165) is 17.0 Å². The molecule has 9 nitrogen and oxygen atoms in total. The number of ether oxygens (including phenoxy) is 2. The zero-order valence-corrected chi connectivity index (χ0v) is 17.7. The number of cyclic esters (lactones) is 1. The Kier molecular flexibility index (Phi) is 5.58. The highest BCUT2D eigenvalue weighted by Gasteiger charge is 2.23. The Balaban J connectivity index is 1.40. The molecule has 30 heavy (non-hydrogen) atoms. The highest BCUT2D eigenvalue weighted by atomic mass is 32.2. The summed E-state index contributed by atoms with van der Waals surface area (Å²) in [5.41, 5.74) is 3.41. The van der Waals surface area contributed by atoms with Crippen LogP contribution in [-0.2, 0) is 16.0 Å². The van der Waals surface area contributed by atoms with Gasteiger partial charge in [0.15, 0.2) is 0 Å². The second-order valence-corrected chi connectivity index (χ2v) is 7.58. The van der Waals surface area contributed by atoms with Crippen molar-refractivity contribution in [3.8, 4) is 5.75 Å². The number of amides is 1. The predicted molar refractivity (Wildman–Crippen MR) is 111 cm³/mol. The van der Waals surface area contributed by atoms with Crippen LogP contribution < -0.4 is 9.64 Å². The quantitative estimate of drug-likeness (QED) is 0.336. The van der Waals surface area contributed by atoms with Crippen LogP contribution in [0, 0.1) is 13.8 Å². The average molecular weight is 427 g/mol. The van der Waals surface area contributed by atoms with Gasteiger partial charge in [0.1, 0.15) is 12.4 Å². The summed E-state index contributed by atoms with van der Waals surface area (Å²) in [6, 6.07) is 6.80. The smallest absolute Gasteiger partial charge is 0.414 e. The van der Waals surface area contributed by atoms with Crippen molar-refractivity contribution in [2.24, 2.45) is 0 Å². The Morgan fingerprint density at radius 3 is 2.67 bits per heavy atom. The highest BCUT2D eigenvalue weighted by molar-refractivity contribution is 7.98. The van der Waals surface area contributed by atoms with Crippen LogP contribution in [0.25, 0.3) is 5.78 Å². The Bertz CT molecular complexity index is 1110. The van der Waals surface area contributed by atoms with Gasteiger partial charge in [-0.05, 0) is 56.4 Å². The molecule has 1 amide bonds. The van der Waals surface area contributed by atoms with Crippen LogP contribution in [0.5, 0.6) is 5.75 Å². The monoisotopic (exact) mass is 427 g/mol. The normalized spacial score (nSPS) is 13.7. The molecule has 1 fully saturated rings. The van der Waals surface area contributed by atoms with E-state index in [1.165, 1.54) is 16.7 Å². The number of carbonyl (C=O) groups excluding carboxylic acids is 2. The number of thioether (sulfide) groups is 1. The summed E-state index contributed by atoms with van der Waals surface area (Å²) in [6.07, 6.45) is 2.25. The summed E-state index contributed by atoms with van der Waals surface area (Å²) >= 11 is 1.46. The van der Waals surface area contributed by atoms with Crippen molar-refractivity contribution >= 4 is 35.3 Å². The fraction of sp³-hybridized carbons (Fsp3) is 0.350. The minimum Gasteiger partial charge on any atom is -0.447 e. The van der Waals surface area contributed by atoms with Gasteiger partial charge in [-0.25, -0.2) is 14.3 Å². The molecule has 0 unspecified atom stereocenters. The van der Waals surface area contributed by atoms with E-state index < -0.39 is 0 Å². The number of aromatic nitrogens is 4. The molecule has 10 heteroatoms. The lowest BCUT2D eigenvalue weighted by Gasteiger charge is -2.13. The lowest BCUT2D eigenvalue weighted by atomic mass is 10.1. The van der Waals surface area contributed by atoms with Crippen LogP contribution in [-0.4, -0.2) is 51.1 Å². The summed E-state index contributed by atoms with van der Waals surface area (Å²) in [5, 5.41) is 5.09. The maximum absolute atomic E-state index is 12.4. The first-order valence-corrected chi connectivity index (χ1v) is 10.7. The van der Waals surface area contributed by atoms with Crippen LogP contribution >= 0.6 is 11.8 Å². The maximum Gasteiger partial charge on any atom is 0.414 e. The molecule has 1 aromatic carbocycles. The van der Waals surface area contributed by atoms with E-state index in [2.05, 4.69) is 15.1 Å². The molecule has 1 saturated heterocycles. The first kappa shape index (κ1) is 20.1. The topological polar surface area (TPSA) is 98.9 Å². The van der Waals surface area contributed by atoms with Gasteiger partial charge < -0.3 is 9.47 Å². The number of carbonyl (C=O) groups is 2. The van der Waals surface area contributed by atoms with Gasteiger partial charge in [0, 0.05) is 17.1 Å². The van der Waals surface area contributed by atoms with E-state index >= 15 is 0 Å². The van der Waals surface area contributed by atoms with Gasteiger partial charge in [-0.1, -0.05) is 11.8 Å². The summed E-state index contributed by atoms with van der Waals surface area (Å²) < 4.78 is 12.1. The van der Waals surface area contributed by atoms with Gasteiger partial charge in [-0.2, -0.15) is 4.98 Å². The fourth-order valence-corrected chi connectivity index (χ4v) is 3.71. The minimum absolute atomic E-state index is 0.207. The SMILES string of the molecule is CSc1nc2nc(C)c(CCC(=O)Oc3ccc(N4CCOC4=O)cc3)c(C)n2n1. The Hall–Kier alpha value is -3.14. The second-order valence-electron chi connectivity index (χ2n) is 6.81. The van der Waals surface area contributed by atoms with E-state index in [9.17, 15) is 9.59 Å². The zero-order chi connectivity index (χ0) is 21.3. The van der Waals surface area contributed by atoms with Gasteiger partial charge in [-0.15, -0.1) is 5.10 Å². The Labute approximate surface area is 177 Å². The third-order valence-electron chi connectivity index (χ3n) is 4.93. The van der Waals surface area contributed by atoms with Crippen LogP contribution in [0.3, 0.4) is 0 Å². The number of benzene rings is 1. The Morgan fingerprint density at radius 1 is 1.23 bits per heavy atom. The molecule has 0 bridgehead atoms. The molecular weight excluding hydrogens is 406 g/mol. The van der Waals surface area contributed by atoms with Gasteiger partial charge in [0.25, 0.3) is 5.78 Å². The van der Waals surface area contributed by atoms with Crippen LogP contribution in [0.4, 0.5) is 10.5 Å². The lowest BCUT2D eigenvalue weighted by Crippen LogP contribution is -2.23. The van der Waals surface area contributed by atoms with E-state index in [1.807, 2.05) is 20.1 Å². The van der Waals surface area contributed by atoms with Crippen LogP contribution in [0.1, 0.15) is 23.4 Å². The Morgan fingerprint density at radius 2 is 2.00 bits per heavy atom. The van der Waals surface area contributed by atoms with Crippen molar-refractivity contribution in [3.05, 3.63) is 41.2 Å². The summed E-state index contributed by atoms with van der Waals surface area (Å²) in [4.78, 5) is 34.4. The van der Waals surface area contributed by atoms with Crippen molar-refractivity contribution in [2.45, 2.75) is 31.8 Å². The number of fused-ring (bicyclic) bond motifs is 1. The molecule has 0 spiro atoms. The molecule has 3 aromatic rings. The molecule has 3 heterocycles. The van der Waals surface area contributed by atoms with Gasteiger partial charge in [0.2, 0.25) is 5.16 Å². The number of esters is 1. The van der Waals surface area contributed by atoms with Crippen molar-refractivity contribution in [3.63, 3.8) is 0 Å². The number of anilines is 1. The first-order valence-electron chi connectivity index (χ1n) is 9.48. The molecule has 0 atom stereocenters. The third-order valence-corrected chi connectivity index (χ3v) is 5.47. The molecule has 0 radical (unpaired) electrons. The minimum atomic E-state index is -0.368. The van der Waals surface area contributed by atoms with Crippen molar-refractivity contribution in [1.29, 1.82) is 0 Å². The number of rotatable bonds is 6. The number of hydrogen-bond donors (Lipinski definition) is 0. The summed E-state index contributed by atoms with van der Waals surface area (Å²) in [6.45, 7) is 4.74. The summed E-state index contributed by atoms with van der Waals surface area (Å²) in [5.74, 6) is 0.646. The first-order chi connectivity index (χ1) is 14.5. The predicted octanol–water partition coefficient (Wildman–Crippen LogP) is 2.96. The van der Waals surface area contributed by atoms with E-state index in [1.54, 1.807) is 28.8 Å². The molecule has 0 saturated carbocycles. The van der Waals surface area contributed by atoms with Crippen LogP contribution in [0.2, 0.25) is 0 Å². The number of nitrogens with zero attached hydrogens (tertiary/aromatic N) is 5. The summed E-state index contributed by atoms with van der Waals surface area (Å²) in [7, 11) is 0. The second kappa shape index (κ2) is 8.31. The van der Waals surface area contributed by atoms with Crippen molar-refractivity contribution in [2.75, 3.05) is 24.3 Å². The molecule has 0 aliphatic carbocycles. The lowest BCUT2D eigenvalue weighted by molar-refractivity contribution is -0.134. The van der Waals surface area contributed by atoms with Gasteiger partial charge in [-0.3, -0.25) is 9.69 Å². The van der Waals surface area contributed by atoms with Gasteiger partial charge in [0.05, 0.1) is 13.0 Å². The molecule has 0 N–H and O–H groups in total. The fourth-order valence-electron chi connectivity index (χ4n) is 3.37. The molecule has 1 aliphatic heterocycles. The van der Waals surface area contributed by atoms with E-state index in [0.29, 0.717) is 41.9 Å². The molecule has 1 aliphatic rings. The average Bonchev–Trinajstić information content (AvgIpc) is 3.34. The maximum atomic E-state index is 12.4. The van der Waals surface area contributed by atoms with Crippen LogP contribution in [0.15, 0.2) is 29.4 Å². The zero-order valence-electron chi connectivity index (χ0n) is 16.9. The largest absolute Gasteiger partial charge is 0.447 e. The standard InChI is InChI=1S/C20H21N5O4S/c1-12-16(13(2)25-18(21-12)22-19(23-25)30-3)8-9-17(26)29-15-6-4-14(5-7-15)24-10-11-28-20(24)27/h4-7H,8-11H2,1-3H3. The highest BCUT2D eigenvalue weighted by Crippen LogP contribution is 2.23. The molecule has 4 rings (SSSR count). The van der Waals surface area contributed by atoms with Gasteiger partial charge >= 0.3 is 12.1 Å². The van der Waals surface area contributed by atoms with Crippen molar-refractivity contribution in [1.82, 2.24) is 19.6 Å². The third kappa shape index (κ3) is 3.95. The molecule has 156 valence electrons. The van der Waals surface area contributed by atoms with Crippen molar-refractivity contribution < 1.29 is 19.1 Å². The van der Waals surface area contributed by atoms with E-state index in [-0.39, 0.29) is 18.5 Å². The number of hydrogen-bond acceptors (Lipinski definition) is 8. The number of aryl methyl sites for hydroxylation is 2. The molecule has 2 aromatic heterocycles. The van der Waals surface area contributed by atoms with E-state index in [4.69, 9.17) is 9.47 Å². The molecular formula is C20H21N5O4S.